The van der Waals surface area contributed by atoms with Crippen LogP contribution >= 0.6 is 35.9 Å². The largest absolute Gasteiger partial charge is 0.694 e. The zero-order valence-corrected chi connectivity index (χ0v) is 21.4. The van der Waals surface area contributed by atoms with Crippen LogP contribution in [-0.4, -0.2) is 23.8 Å². The van der Waals surface area contributed by atoms with Crippen molar-refractivity contribution in [2.75, 3.05) is 18.9 Å². The third kappa shape index (κ3) is 10.1. The molecule has 0 saturated carbocycles. The molecule has 0 aliphatic rings. The minimum Gasteiger partial charge on any atom is -0.313 e. The summed E-state index contributed by atoms with van der Waals surface area (Å²) in [6.45, 7) is 6.19. The average Bonchev–Trinajstić information content (AvgIpc) is 2.71. The zero-order valence-electron chi connectivity index (χ0n) is 18.1. The zero-order chi connectivity index (χ0) is 22.7. The Morgan fingerprint density at radius 1 is 1.16 bits per heavy atom. The lowest BCUT2D eigenvalue weighted by Gasteiger charge is -2.25. The number of hydrogen-bond acceptors (Lipinski definition) is 4. The normalized spacial score (nSPS) is 12.2. The number of thioether (sulfide) groups is 1. The van der Waals surface area contributed by atoms with Crippen LogP contribution in [0.5, 0.6) is 0 Å². The highest BCUT2D eigenvalue weighted by Gasteiger charge is 2.19. The predicted molar refractivity (Wildman–Crippen MR) is 130 cm³/mol. The fourth-order valence-corrected chi connectivity index (χ4v) is 5.22. The summed E-state index contributed by atoms with van der Waals surface area (Å²) in [7, 11) is -2.50. The van der Waals surface area contributed by atoms with Crippen molar-refractivity contribution >= 4 is 35.9 Å². The first kappa shape index (κ1) is 26.4. The average molecular weight is 531 g/mol. The Hall–Kier alpha value is -0.820. The highest BCUT2D eigenvalue weighted by atomic mass is 79.9. The van der Waals surface area contributed by atoms with Gasteiger partial charge in [0, 0.05) is 20.5 Å². The van der Waals surface area contributed by atoms with Crippen LogP contribution < -0.4 is 5.32 Å². The summed E-state index contributed by atoms with van der Waals surface area (Å²) in [5.74, 6) is 0.873. The van der Waals surface area contributed by atoms with Crippen LogP contribution in [0.25, 0.3) is 0 Å². The SMILES string of the molecule is CC(C)(CCCCSc1ccc(CNCCCO[P+](=O)O)cc1Br)c1ccc(F)cc1. The lowest BCUT2D eigenvalue weighted by Crippen LogP contribution is -2.17. The maximum absolute atomic E-state index is 13.1. The van der Waals surface area contributed by atoms with E-state index in [0.717, 1.165) is 42.6 Å². The summed E-state index contributed by atoms with van der Waals surface area (Å²) < 4.78 is 29.3. The lowest BCUT2D eigenvalue weighted by atomic mass is 9.80. The molecule has 0 aliphatic carbocycles. The minimum absolute atomic E-state index is 0.0510. The van der Waals surface area contributed by atoms with Crippen molar-refractivity contribution in [3.8, 4) is 0 Å². The molecular weight excluding hydrogens is 500 g/mol. The molecule has 0 aromatic heterocycles. The summed E-state index contributed by atoms with van der Waals surface area (Å²) in [5.41, 5.74) is 2.42. The van der Waals surface area contributed by atoms with E-state index in [2.05, 4.69) is 57.8 Å². The maximum Gasteiger partial charge on any atom is 0.694 e. The summed E-state index contributed by atoms with van der Waals surface area (Å²) in [5, 5.41) is 3.31. The van der Waals surface area contributed by atoms with Crippen LogP contribution in [0.4, 0.5) is 4.39 Å². The molecule has 0 amide bonds. The smallest absolute Gasteiger partial charge is 0.313 e. The third-order valence-corrected chi connectivity index (χ3v) is 7.59. The number of hydrogen-bond donors (Lipinski definition) is 2. The van der Waals surface area contributed by atoms with Crippen molar-refractivity contribution in [3.63, 3.8) is 0 Å². The topological polar surface area (TPSA) is 58.6 Å². The first-order valence-electron chi connectivity index (χ1n) is 10.4. The molecule has 1 unspecified atom stereocenters. The fourth-order valence-electron chi connectivity index (χ4n) is 3.24. The van der Waals surface area contributed by atoms with Crippen molar-refractivity contribution in [2.45, 2.75) is 56.4 Å². The van der Waals surface area contributed by atoms with Crippen LogP contribution in [0.3, 0.4) is 0 Å². The van der Waals surface area contributed by atoms with Gasteiger partial charge in [0.25, 0.3) is 0 Å². The van der Waals surface area contributed by atoms with Gasteiger partial charge in [0.15, 0.2) is 0 Å². The number of nitrogens with one attached hydrogen (secondary N) is 1. The molecule has 4 nitrogen and oxygen atoms in total. The van der Waals surface area contributed by atoms with E-state index in [1.807, 2.05) is 23.9 Å². The molecule has 31 heavy (non-hydrogen) atoms. The van der Waals surface area contributed by atoms with Gasteiger partial charge in [-0.2, -0.15) is 0 Å². The van der Waals surface area contributed by atoms with E-state index in [1.54, 1.807) is 12.1 Å². The van der Waals surface area contributed by atoms with Gasteiger partial charge in [0.05, 0.1) is 0 Å². The Morgan fingerprint density at radius 3 is 2.58 bits per heavy atom. The first-order valence-corrected chi connectivity index (χ1v) is 13.4. The van der Waals surface area contributed by atoms with Crippen molar-refractivity contribution < 1.29 is 18.4 Å². The van der Waals surface area contributed by atoms with E-state index < -0.39 is 8.25 Å². The number of rotatable bonds is 14. The van der Waals surface area contributed by atoms with Gasteiger partial charge in [-0.15, -0.1) is 21.2 Å². The molecule has 170 valence electrons. The fraction of sp³-hybridized carbons (Fsp3) is 0.478. The maximum atomic E-state index is 13.1. The second-order valence-electron chi connectivity index (χ2n) is 8.06. The van der Waals surface area contributed by atoms with E-state index in [0.29, 0.717) is 6.42 Å². The molecule has 2 rings (SSSR count). The van der Waals surface area contributed by atoms with E-state index >= 15 is 0 Å². The van der Waals surface area contributed by atoms with Crippen molar-refractivity contribution in [1.82, 2.24) is 5.32 Å². The van der Waals surface area contributed by atoms with Gasteiger partial charge in [-0.25, -0.2) is 4.39 Å². The molecule has 0 saturated heterocycles. The first-order chi connectivity index (χ1) is 14.8. The van der Waals surface area contributed by atoms with Gasteiger partial charge < -0.3 is 5.32 Å². The molecule has 0 spiro atoms. The molecule has 2 aromatic carbocycles. The van der Waals surface area contributed by atoms with Crippen molar-refractivity contribution in [3.05, 3.63) is 63.9 Å². The van der Waals surface area contributed by atoms with Gasteiger partial charge in [-0.05, 0) is 88.3 Å². The van der Waals surface area contributed by atoms with E-state index in [4.69, 9.17) is 4.89 Å². The molecule has 2 N–H and O–H groups in total. The molecule has 0 fully saturated rings. The van der Waals surface area contributed by atoms with Gasteiger partial charge in [0.2, 0.25) is 0 Å². The summed E-state index contributed by atoms with van der Waals surface area (Å²) >= 11 is 5.53. The Bertz CT molecular complexity index is 836. The second-order valence-corrected chi connectivity index (χ2v) is 10.8. The molecule has 0 radical (unpaired) electrons. The predicted octanol–water partition coefficient (Wildman–Crippen LogP) is 6.97. The monoisotopic (exact) mass is 530 g/mol. The molecule has 0 heterocycles. The van der Waals surface area contributed by atoms with Crippen molar-refractivity contribution in [1.29, 1.82) is 0 Å². The second kappa shape index (κ2) is 13.7. The Labute approximate surface area is 198 Å². The minimum atomic E-state index is -2.50. The Balaban J connectivity index is 1.66. The highest BCUT2D eigenvalue weighted by Crippen LogP contribution is 2.32. The molecule has 8 heteroatoms. The van der Waals surface area contributed by atoms with E-state index in [9.17, 15) is 8.96 Å². The molecule has 0 bridgehead atoms. The molecular formula is C23H31BrFNO3PS+. The van der Waals surface area contributed by atoms with E-state index in [-0.39, 0.29) is 17.8 Å². The summed E-state index contributed by atoms with van der Waals surface area (Å²) in [6, 6.07) is 13.3. The molecule has 2 aromatic rings. The van der Waals surface area contributed by atoms with Gasteiger partial charge >= 0.3 is 8.25 Å². The molecule has 1 atom stereocenters. The van der Waals surface area contributed by atoms with Gasteiger partial charge in [-0.3, -0.25) is 0 Å². The number of halogens is 2. The number of unbranched alkanes of at least 4 members (excludes halogenated alkanes) is 1. The van der Waals surface area contributed by atoms with E-state index in [1.165, 1.54) is 16.0 Å². The van der Waals surface area contributed by atoms with Crippen LogP contribution in [0.15, 0.2) is 51.8 Å². The lowest BCUT2D eigenvalue weighted by molar-refractivity contribution is 0.276. The quantitative estimate of drug-likeness (QED) is 0.157. The highest BCUT2D eigenvalue weighted by molar-refractivity contribution is 9.10. The van der Waals surface area contributed by atoms with Crippen LogP contribution in [0, 0.1) is 5.82 Å². The Morgan fingerprint density at radius 2 is 1.90 bits per heavy atom. The van der Waals surface area contributed by atoms with Gasteiger partial charge in [0.1, 0.15) is 12.4 Å². The standard InChI is InChI=1S/C23H30BrFNO3PS/c1-23(2,19-7-9-20(25)10-8-19)12-3-4-15-31-22-11-6-18(16-21(22)24)17-26-13-5-14-29-30(27)28/h6-11,16,26H,3-5,12-15,17H2,1-2H3/p+1. The summed E-state index contributed by atoms with van der Waals surface area (Å²) in [6.07, 6.45) is 4.03. The number of benzene rings is 2. The van der Waals surface area contributed by atoms with Crippen LogP contribution in [-0.2, 0) is 21.0 Å². The van der Waals surface area contributed by atoms with Gasteiger partial charge in [-0.1, -0.05) is 38.5 Å². The van der Waals surface area contributed by atoms with Crippen LogP contribution in [0.2, 0.25) is 0 Å². The molecule has 0 aliphatic heterocycles. The van der Waals surface area contributed by atoms with Crippen LogP contribution in [0.1, 0.15) is 50.7 Å². The van der Waals surface area contributed by atoms with Crippen molar-refractivity contribution in [2.24, 2.45) is 0 Å². The third-order valence-electron chi connectivity index (χ3n) is 5.10. The summed E-state index contributed by atoms with van der Waals surface area (Å²) in [4.78, 5) is 9.81. The Kier molecular flexibility index (Phi) is 11.7.